The highest BCUT2D eigenvalue weighted by molar-refractivity contribution is 6.08. The van der Waals surface area contributed by atoms with E-state index in [-0.39, 0.29) is 11.4 Å². The van der Waals surface area contributed by atoms with Crippen LogP contribution in [0.3, 0.4) is 0 Å². The largest absolute Gasteiger partial charge is 0.465 e. The number of carbonyl (C=O) groups is 1. The standard InChI is InChI=1S/C26H30N4O3/c1-4-6-11-23-28-17(3)20(5-2)25(31)30(23)16-18-12-14-19(15-13-18)21-9-7-8-10-22(21)24(27)29-26(32)33/h7-10,12-15H,4-6,11,16H2,1-3H3,(H2,27,29)(H,32,33). The van der Waals surface area contributed by atoms with E-state index in [0.717, 1.165) is 53.0 Å². The molecule has 7 heteroatoms. The number of hydrogen-bond donors (Lipinski definition) is 3. The van der Waals surface area contributed by atoms with Crippen molar-refractivity contribution in [2.24, 2.45) is 0 Å². The maximum absolute atomic E-state index is 13.1. The van der Waals surface area contributed by atoms with Crippen molar-refractivity contribution in [3.05, 3.63) is 87.1 Å². The Bertz CT molecular complexity index is 1210. The number of hydrogen-bond acceptors (Lipinski definition) is 4. The minimum absolute atomic E-state index is 0.0266. The van der Waals surface area contributed by atoms with Gasteiger partial charge in [0, 0.05) is 23.2 Å². The predicted molar refractivity (Wildman–Crippen MR) is 130 cm³/mol. The predicted octanol–water partition coefficient (Wildman–Crippen LogP) is 4.76. The van der Waals surface area contributed by atoms with E-state index in [2.05, 4.69) is 12.2 Å². The lowest BCUT2D eigenvalue weighted by molar-refractivity contribution is 0.200. The summed E-state index contributed by atoms with van der Waals surface area (Å²) in [6.45, 7) is 6.45. The molecule has 3 aromatic rings. The lowest BCUT2D eigenvalue weighted by Crippen LogP contribution is -2.30. The maximum atomic E-state index is 13.1. The lowest BCUT2D eigenvalue weighted by Gasteiger charge is -2.16. The van der Waals surface area contributed by atoms with Gasteiger partial charge in [-0.2, -0.15) is 0 Å². The van der Waals surface area contributed by atoms with E-state index < -0.39 is 6.09 Å². The zero-order valence-electron chi connectivity index (χ0n) is 19.3. The molecule has 0 radical (unpaired) electrons. The average molecular weight is 447 g/mol. The molecule has 7 nitrogen and oxygen atoms in total. The van der Waals surface area contributed by atoms with Crippen molar-refractivity contribution >= 4 is 11.9 Å². The van der Waals surface area contributed by atoms with Crippen LogP contribution in [0.15, 0.2) is 53.3 Å². The van der Waals surface area contributed by atoms with Crippen molar-refractivity contribution in [3.8, 4) is 11.1 Å². The second-order valence-corrected chi connectivity index (χ2v) is 7.99. The third-order valence-corrected chi connectivity index (χ3v) is 5.69. The Hall–Kier alpha value is -3.74. The molecule has 1 heterocycles. The lowest BCUT2D eigenvalue weighted by atomic mass is 9.98. The van der Waals surface area contributed by atoms with E-state index in [1.165, 1.54) is 0 Å². The zero-order valence-corrected chi connectivity index (χ0v) is 19.3. The van der Waals surface area contributed by atoms with Crippen LogP contribution in [0, 0.1) is 12.3 Å². The fraction of sp³-hybridized carbons (Fsp3) is 0.308. The van der Waals surface area contributed by atoms with Crippen LogP contribution >= 0.6 is 0 Å². The van der Waals surface area contributed by atoms with Crippen LogP contribution in [0.5, 0.6) is 0 Å². The van der Waals surface area contributed by atoms with Crippen LogP contribution in [-0.2, 0) is 19.4 Å². The maximum Gasteiger partial charge on any atom is 0.410 e. The second-order valence-electron chi connectivity index (χ2n) is 7.99. The number of rotatable bonds is 8. The molecule has 2 aromatic carbocycles. The van der Waals surface area contributed by atoms with Gasteiger partial charge < -0.3 is 5.11 Å². The van der Waals surface area contributed by atoms with Crippen LogP contribution in [-0.4, -0.2) is 26.6 Å². The van der Waals surface area contributed by atoms with E-state index in [1.807, 2.05) is 50.2 Å². The molecule has 3 rings (SSSR count). The highest BCUT2D eigenvalue weighted by Crippen LogP contribution is 2.24. The minimum atomic E-state index is -1.27. The van der Waals surface area contributed by atoms with E-state index in [1.54, 1.807) is 16.7 Å². The second kappa shape index (κ2) is 10.7. The summed E-state index contributed by atoms with van der Waals surface area (Å²) >= 11 is 0. The van der Waals surface area contributed by atoms with E-state index in [9.17, 15) is 9.59 Å². The summed E-state index contributed by atoms with van der Waals surface area (Å²) in [5, 5.41) is 19.1. The van der Waals surface area contributed by atoms with Gasteiger partial charge in [-0.15, -0.1) is 0 Å². The quantitative estimate of drug-likeness (QED) is 0.342. The molecule has 1 amide bonds. The van der Waals surface area contributed by atoms with Crippen molar-refractivity contribution in [3.63, 3.8) is 0 Å². The van der Waals surface area contributed by atoms with Crippen molar-refractivity contribution in [1.29, 1.82) is 5.41 Å². The SMILES string of the molecule is CCCCc1nc(C)c(CC)c(=O)n1Cc1ccc(-c2ccccc2C(=N)NC(=O)O)cc1. The van der Waals surface area contributed by atoms with Crippen LogP contribution in [0.2, 0.25) is 0 Å². The van der Waals surface area contributed by atoms with Gasteiger partial charge in [0.25, 0.3) is 5.56 Å². The molecule has 0 unspecified atom stereocenters. The van der Waals surface area contributed by atoms with Gasteiger partial charge in [-0.05, 0) is 36.5 Å². The first kappa shape index (κ1) is 23.9. The molecule has 0 bridgehead atoms. The summed E-state index contributed by atoms with van der Waals surface area (Å²) in [4.78, 5) is 28.8. The number of amides is 1. The number of amidine groups is 1. The fourth-order valence-electron chi connectivity index (χ4n) is 3.95. The number of nitrogens with zero attached hydrogens (tertiary/aromatic N) is 2. The Balaban J connectivity index is 1.94. The smallest absolute Gasteiger partial charge is 0.410 e. The van der Waals surface area contributed by atoms with Gasteiger partial charge in [-0.25, -0.2) is 9.78 Å². The third-order valence-electron chi connectivity index (χ3n) is 5.69. The summed E-state index contributed by atoms with van der Waals surface area (Å²) in [6, 6.07) is 15.0. The monoisotopic (exact) mass is 446 g/mol. The summed E-state index contributed by atoms with van der Waals surface area (Å²) in [6.07, 6.45) is 2.15. The number of aromatic nitrogens is 2. The highest BCUT2D eigenvalue weighted by atomic mass is 16.4. The zero-order chi connectivity index (χ0) is 24.0. The molecule has 0 spiro atoms. The number of carboxylic acid groups (broad SMARTS) is 1. The Morgan fingerprint density at radius 2 is 1.82 bits per heavy atom. The van der Waals surface area contributed by atoms with Crippen molar-refractivity contribution in [1.82, 2.24) is 14.9 Å². The third kappa shape index (κ3) is 5.55. The first-order valence-electron chi connectivity index (χ1n) is 11.2. The van der Waals surface area contributed by atoms with Gasteiger partial charge in [-0.3, -0.25) is 20.1 Å². The van der Waals surface area contributed by atoms with Gasteiger partial charge in [0.1, 0.15) is 11.7 Å². The van der Waals surface area contributed by atoms with Crippen LogP contribution in [0.4, 0.5) is 4.79 Å². The van der Waals surface area contributed by atoms with Gasteiger partial charge >= 0.3 is 6.09 Å². The van der Waals surface area contributed by atoms with Gasteiger partial charge in [0.05, 0.1) is 6.54 Å². The van der Waals surface area contributed by atoms with Crippen LogP contribution in [0.1, 0.15) is 54.9 Å². The topological polar surface area (TPSA) is 108 Å². The molecule has 3 N–H and O–H groups in total. The van der Waals surface area contributed by atoms with E-state index in [4.69, 9.17) is 15.5 Å². The van der Waals surface area contributed by atoms with Crippen LogP contribution in [0.25, 0.3) is 11.1 Å². The molecule has 172 valence electrons. The number of aryl methyl sites for hydroxylation is 2. The van der Waals surface area contributed by atoms with E-state index >= 15 is 0 Å². The number of benzene rings is 2. The van der Waals surface area contributed by atoms with Crippen molar-refractivity contribution < 1.29 is 9.90 Å². The van der Waals surface area contributed by atoms with Crippen molar-refractivity contribution in [2.45, 2.75) is 53.0 Å². The normalized spacial score (nSPS) is 10.8. The Kier molecular flexibility index (Phi) is 7.77. The van der Waals surface area contributed by atoms with E-state index in [0.29, 0.717) is 18.5 Å². The van der Waals surface area contributed by atoms with Crippen molar-refractivity contribution in [2.75, 3.05) is 0 Å². The highest BCUT2D eigenvalue weighted by Gasteiger charge is 2.14. The summed E-state index contributed by atoms with van der Waals surface area (Å²) < 4.78 is 1.79. The van der Waals surface area contributed by atoms with Gasteiger partial charge in [-0.1, -0.05) is 68.8 Å². The first-order chi connectivity index (χ1) is 15.8. The molecular weight excluding hydrogens is 416 g/mol. The number of unbranched alkanes of at least 4 members (excludes halogenated alkanes) is 1. The molecule has 0 aliphatic rings. The van der Waals surface area contributed by atoms with Gasteiger partial charge in [0.15, 0.2) is 0 Å². The fourth-order valence-corrected chi connectivity index (χ4v) is 3.95. The first-order valence-corrected chi connectivity index (χ1v) is 11.2. The molecule has 0 fully saturated rings. The molecule has 1 aromatic heterocycles. The summed E-state index contributed by atoms with van der Waals surface area (Å²) in [7, 11) is 0. The molecule has 0 saturated heterocycles. The van der Waals surface area contributed by atoms with Gasteiger partial charge in [0.2, 0.25) is 0 Å². The molecule has 0 aliphatic carbocycles. The molecular formula is C26H30N4O3. The average Bonchev–Trinajstić information content (AvgIpc) is 2.80. The molecule has 0 saturated carbocycles. The molecule has 0 aliphatic heterocycles. The Morgan fingerprint density at radius 3 is 2.45 bits per heavy atom. The Labute approximate surface area is 193 Å². The minimum Gasteiger partial charge on any atom is -0.465 e. The van der Waals surface area contributed by atoms with Crippen LogP contribution < -0.4 is 10.9 Å². The number of nitrogens with one attached hydrogen (secondary N) is 2. The molecule has 33 heavy (non-hydrogen) atoms. The summed E-state index contributed by atoms with van der Waals surface area (Å²) in [5.41, 5.74) is 4.69. The molecule has 0 atom stereocenters. The summed E-state index contributed by atoms with van der Waals surface area (Å²) in [5.74, 6) is 0.645. The Morgan fingerprint density at radius 1 is 1.12 bits per heavy atom.